The van der Waals surface area contributed by atoms with E-state index >= 15 is 0 Å². The zero-order chi connectivity index (χ0) is 25.0. The molecule has 0 radical (unpaired) electrons. The average molecular weight is 500 g/mol. The third kappa shape index (κ3) is 5.95. The Labute approximate surface area is 204 Å². The van der Waals surface area contributed by atoms with Crippen molar-refractivity contribution in [2.45, 2.75) is 36.9 Å². The molecule has 0 bridgehead atoms. The Morgan fingerprint density at radius 1 is 1.26 bits per heavy atom. The number of ether oxygens (including phenoxy) is 1. The lowest BCUT2D eigenvalue weighted by molar-refractivity contribution is -0.134. The van der Waals surface area contributed by atoms with Crippen LogP contribution in [-0.2, 0) is 21.4 Å². The lowest BCUT2D eigenvalue weighted by Gasteiger charge is -2.25. The van der Waals surface area contributed by atoms with Gasteiger partial charge in [-0.05, 0) is 49.7 Å². The van der Waals surface area contributed by atoms with Gasteiger partial charge in [-0.15, -0.1) is 0 Å². The quantitative estimate of drug-likeness (QED) is 0.255. The molecule has 186 valence electrons. The van der Waals surface area contributed by atoms with Crippen molar-refractivity contribution in [3.05, 3.63) is 65.9 Å². The lowest BCUT2D eigenvalue weighted by Crippen LogP contribution is -2.51. The molecule has 11 heteroatoms. The molecule has 5 N–H and O–H groups in total. The molecule has 1 aliphatic heterocycles. The zero-order valence-corrected chi connectivity index (χ0v) is 20.2. The molecule has 0 saturated carbocycles. The van der Waals surface area contributed by atoms with E-state index in [0.29, 0.717) is 31.9 Å². The van der Waals surface area contributed by atoms with Crippen molar-refractivity contribution >= 4 is 26.8 Å². The Morgan fingerprint density at radius 3 is 2.69 bits per heavy atom. The summed E-state index contributed by atoms with van der Waals surface area (Å²) in [5, 5.41) is 10.1. The first-order valence-electron chi connectivity index (χ1n) is 11.3. The number of nitrogens with zero attached hydrogens (tertiary/aromatic N) is 2. The van der Waals surface area contributed by atoms with Crippen LogP contribution in [0.5, 0.6) is 5.75 Å². The van der Waals surface area contributed by atoms with Gasteiger partial charge in [0, 0.05) is 42.3 Å². The van der Waals surface area contributed by atoms with Crippen LogP contribution < -0.4 is 20.7 Å². The van der Waals surface area contributed by atoms with Crippen LogP contribution in [0.15, 0.2) is 59.5 Å². The number of hydrogen-bond donors (Lipinski definition) is 4. The standard InChI is InChI=1S/C24H29N5O5S/c1-16-12-17(21-4-2-3-5-22(21)27-16)15-34-19-6-8-20(9-7-19)35(32,33)26-13-23(24(30)28-31)29-11-10-18(25)14-29/h2-9,12,18,23,26,31H,10-11,13-15,25H2,1H3,(H,28,30)/t18?,23-/m0/s1. The second-order valence-corrected chi connectivity index (χ2v) is 10.4. The van der Waals surface area contributed by atoms with E-state index in [9.17, 15) is 13.2 Å². The molecule has 1 aliphatic rings. The number of benzene rings is 2. The van der Waals surface area contributed by atoms with Crippen LogP contribution in [-0.4, -0.2) is 61.1 Å². The Bertz CT molecular complexity index is 1300. The predicted octanol–water partition coefficient (Wildman–Crippen LogP) is 1.31. The molecule has 2 heterocycles. The smallest absolute Gasteiger partial charge is 0.262 e. The number of carbonyl (C=O) groups is 1. The highest BCUT2D eigenvalue weighted by atomic mass is 32.2. The monoisotopic (exact) mass is 499 g/mol. The number of amides is 1. The topological polar surface area (TPSA) is 147 Å². The number of para-hydroxylation sites is 1. The number of hydroxylamine groups is 1. The SMILES string of the molecule is Cc1cc(COc2ccc(S(=O)(=O)NC[C@@H](C(=O)NO)N3CCC(N)C3)cc2)c2ccccc2n1. The molecule has 10 nitrogen and oxygen atoms in total. The summed E-state index contributed by atoms with van der Waals surface area (Å²) in [6, 6.07) is 14.9. The molecule has 2 atom stereocenters. The number of likely N-dealkylation sites (tertiary alicyclic amines) is 1. The van der Waals surface area contributed by atoms with Crippen LogP contribution in [0.2, 0.25) is 0 Å². The Balaban J connectivity index is 1.41. The van der Waals surface area contributed by atoms with Gasteiger partial charge in [0.2, 0.25) is 10.0 Å². The van der Waals surface area contributed by atoms with E-state index in [1.165, 1.54) is 12.1 Å². The van der Waals surface area contributed by atoms with Crippen LogP contribution in [0, 0.1) is 6.92 Å². The molecular formula is C24H29N5O5S. The van der Waals surface area contributed by atoms with Crippen LogP contribution in [0.3, 0.4) is 0 Å². The molecule has 3 aromatic rings. The third-order valence-electron chi connectivity index (χ3n) is 6.03. The highest BCUT2D eigenvalue weighted by molar-refractivity contribution is 7.89. The number of aryl methyl sites for hydroxylation is 1. The minimum Gasteiger partial charge on any atom is -0.489 e. The summed E-state index contributed by atoms with van der Waals surface area (Å²) in [4.78, 5) is 18.4. The Hall–Kier alpha value is -3.09. The summed E-state index contributed by atoms with van der Waals surface area (Å²) in [7, 11) is -3.89. The summed E-state index contributed by atoms with van der Waals surface area (Å²) in [5.74, 6) is -0.171. The van der Waals surface area contributed by atoms with Gasteiger partial charge >= 0.3 is 0 Å². The van der Waals surface area contributed by atoms with Gasteiger partial charge in [0.1, 0.15) is 18.4 Å². The fraction of sp³-hybridized carbons (Fsp3) is 0.333. The number of sulfonamides is 1. The first kappa shape index (κ1) is 25.0. The van der Waals surface area contributed by atoms with E-state index < -0.39 is 22.0 Å². The van der Waals surface area contributed by atoms with Crippen molar-refractivity contribution in [3.8, 4) is 5.75 Å². The maximum absolute atomic E-state index is 12.8. The van der Waals surface area contributed by atoms with Gasteiger partial charge in [0.25, 0.3) is 5.91 Å². The van der Waals surface area contributed by atoms with Gasteiger partial charge in [0.05, 0.1) is 10.4 Å². The molecule has 1 fully saturated rings. The first-order chi connectivity index (χ1) is 16.8. The van der Waals surface area contributed by atoms with E-state index in [2.05, 4.69) is 9.71 Å². The molecule has 35 heavy (non-hydrogen) atoms. The maximum atomic E-state index is 12.8. The molecule has 1 unspecified atom stereocenters. The minimum atomic E-state index is -3.89. The normalized spacial score (nSPS) is 17.4. The number of rotatable bonds is 9. The van der Waals surface area contributed by atoms with Gasteiger partial charge in [-0.3, -0.25) is 19.9 Å². The number of nitrogens with one attached hydrogen (secondary N) is 2. The number of carbonyl (C=O) groups excluding carboxylic acids is 1. The fourth-order valence-corrected chi connectivity index (χ4v) is 5.26. The van der Waals surface area contributed by atoms with E-state index in [-0.39, 0.29) is 17.5 Å². The molecular weight excluding hydrogens is 470 g/mol. The summed E-state index contributed by atoms with van der Waals surface area (Å²) in [6.07, 6.45) is 0.693. The predicted molar refractivity (Wildman–Crippen MR) is 130 cm³/mol. The lowest BCUT2D eigenvalue weighted by atomic mass is 10.1. The van der Waals surface area contributed by atoms with Gasteiger partial charge in [-0.25, -0.2) is 18.6 Å². The number of aromatic nitrogens is 1. The highest BCUT2D eigenvalue weighted by Gasteiger charge is 2.32. The maximum Gasteiger partial charge on any atom is 0.262 e. The summed E-state index contributed by atoms with van der Waals surface area (Å²) >= 11 is 0. The average Bonchev–Trinajstić information content (AvgIpc) is 3.28. The van der Waals surface area contributed by atoms with Crippen LogP contribution in [0.4, 0.5) is 0 Å². The molecule has 0 spiro atoms. The summed E-state index contributed by atoms with van der Waals surface area (Å²) in [6.45, 7) is 3.02. The molecule has 1 amide bonds. The van der Waals surface area contributed by atoms with Crippen LogP contribution in [0.1, 0.15) is 17.7 Å². The first-order valence-corrected chi connectivity index (χ1v) is 12.8. The second-order valence-electron chi connectivity index (χ2n) is 8.59. The Morgan fingerprint density at radius 2 is 2.00 bits per heavy atom. The summed E-state index contributed by atoms with van der Waals surface area (Å²) < 4.78 is 34.0. The fourth-order valence-electron chi connectivity index (χ4n) is 4.22. The number of hydrogen-bond acceptors (Lipinski definition) is 8. The van der Waals surface area contributed by atoms with Gasteiger partial charge in [-0.2, -0.15) is 0 Å². The molecule has 0 aliphatic carbocycles. The van der Waals surface area contributed by atoms with Crippen LogP contribution in [0.25, 0.3) is 10.9 Å². The van der Waals surface area contributed by atoms with Crippen molar-refractivity contribution in [3.63, 3.8) is 0 Å². The van der Waals surface area contributed by atoms with Gasteiger partial charge < -0.3 is 10.5 Å². The zero-order valence-electron chi connectivity index (χ0n) is 19.3. The number of nitrogens with two attached hydrogens (primary N) is 1. The Kier molecular flexibility index (Phi) is 7.63. The molecule has 1 aromatic heterocycles. The van der Waals surface area contributed by atoms with Gasteiger partial charge in [-0.1, -0.05) is 18.2 Å². The number of pyridine rings is 1. The highest BCUT2D eigenvalue weighted by Crippen LogP contribution is 2.22. The van der Waals surface area contributed by atoms with Crippen molar-refractivity contribution in [1.29, 1.82) is 0 Å². The molecule has 4 rings (SSSR count). The van der Waals surface area contributed by atoms with Gasteiger partial charge in [0.15, 0.2) is 0 Å². The van der Waals surface area contributed by atoms with Crippen molar-refractivity contribution in [2.75, 3.05) is 19.6 Å². The van der Waals surface area contributed by atoms with E-state index in [4.69, 9.17) is 15.7 Å². The van der Waals surface area contributed by atoms with E-state index in [0.717, 1.165) is 22.2 Å². The van der Waals surface area contributed by atoms with Crippen molar-refractivity contribution in [2.24, 2.45) is 5.73 Å². The van der Waals surface area contributed by atoms with Crippen LogP contribution >= 0.6 is 0 Å². The van der Waals surface area contributed by atoms with Crippen molar-refractivity contribution in [1.82, 2.24) is 20.1 Å². The van der Waals surface area contributed by atoms with Crippen molar-refractivity contribution < 1.29 is 23.2 Å². The largest absolute Gasteiger partial charge is 0.489 e. The van der Waals surface area contributed by atoms with E-state index in [1.54, 1.807) is 22.5 Å². The third-order valence-corrected chi connectivity index (χ3v) is 7.47. The molecule has 1 saturated heterocycles. The minimum absolute atomic E-state index is 0.0383. The molecule has 2 aromatic carbocycles. The second kappa shape index (κ2) is 10.7. The summed E-state index contributed by atoms with van der Waals surface area (Å²) in [5.41, 5.74) is 10.3. The van der Waals surface area contributed by atoms with E-state index in [1.807, 2.05) is 37.3 Å². The number of fused-ring (bicyclic) bond motifs is 1.